The number of benzene rings is 1. The van der Waals surface area contributed by atoms with Crippen LogP contribution in [0.1, 0.15) is 48.4 Å². The molecule has 3 N–H and O–H groups in total. The molecule has 0 aliphatic heterocycles. The molecule has 3 heteroatoms. The van der Waals surface area contributed by atoms with Gasteiger partial charge in [0.2, 0.25) is 0 Å². The zero-order chi connectivity index (χ0) is 16.0. The van der Waals surface area contributed by atoms with Gasteiger partial charge in [-0.05, 0) is 68.2 Å². The van der Waals surface area contributed by atoms with Crippen molar-refractivity contribution in [1.82, 2.24) is 0 Å². The van der Waals surface area contributed by atoms with Crippen molar-refractivity contribution in [3.63, 3.8) is 0 Å². The van der Waals surface area contributed by atoms with E-state index in [0.717, 1.165) is 19.3 Å². The monoisotopic (exact) mass is 291 g/mol. The summed E-state index contributed by atoms with van der Waals surface area (Å²) in [6, 6.07) is 4.37. The summed E-state index contributed by atoms with van der Waals surface area (Å²) >= 11 is 0. The zero-order valence-corrected chi connectivity index (χ0v) is 13.8. The molecule has 0 aromatic heterocycles. The Balaban J connectivity index is 2.50. The molecule has 0 heterocycles. The molecular weight excluding hydrogens is 262 g/mol. The lowest BCUT2D eigenvalue weighted by molar-refractivity contribution is -0.141. The predicted molar refractivity (Wildman–Crippen MR) is 87.6 cm³/mol. The van der Waals surface area contributed by atoms with Crippen LogP contribution in [0.5, 0.6) is 0 Å². The fraction of sp³-hybridized carbons (Fsp3) is 0.611. The molecule has 0 fully saturated rings. The van der Waals surface area contributed by atoms with E-state index in [4.69, 9.17) is 10.8 Å². The Labute approximate surface area is 128 Å². The molecular formula is C18H29NO2. The van der Waals surface area contributed by atoms with Gasteiger partial charge in [0.25, 0.3) is 0 Å². The number of nitrogens with two attached hydrogens (primary N) is 1. The molecule has 0 saturated heterocycles. The highest BCUT2D eigenvalue weighted by Crippen LogP contribution is 2.22. The van der Waals surface area contributed by atoms with Gasteiger partial charge in [0.05, 0.1) is 5.92 Å². The van der Waals surface area contributed by atoms with Gasteiger partial charge in [0.15, 0.2) is 0 Å². The number of carboxylic acids is 1. The Kier molecular flexibility index (Phi) is 6.90. The molecule has 118 valence electrons. The van der Waals surface area contributed by atoms with Crippen molar-refractivity contribution in [2.75, 3.05) is 6.54 Å². The number of aryl methyl sites for hydroxylation is 2. The minimum atomic E-state index is -0.769. The fourth-order valence-corrected chi connectivity index (χ4v) is 2.92. The minimum absolute atomic E-state index is 0.232. The van der Waals surface area contributed by atoms with Gasteiger partial charge in [-0.25, -0.2) is 0 Å². The highest BCUT2D eigenvalue weighted by molar-refractivity contribution is 5.70. The lowest BCUT2D eigenvalue weighted by atomic mass is 9.89. The molecule has 1 rings (SSSR count). The normalized spacial score (nSPS) is 14.0. The van der Waals surface area contributed by atoms with Crippen LogP contribution in [0.25, 0.3) is 0 Å². The lowest BCUT2D eigenvalue weighted by Gasteiger charge is -2.17. The van der Waals surface area contributed by atoms with Crippen molar-refractivity contribution in [2.24, 2.45) is 17.6 Å². The van der Waals surface area contributed by atoms with Crippen LogP contribution >= 0.6 is 0 Å². The van der Waals surface area contributed by atoms with E-state index in [-0.39, 0.29) is 6.54 Å². The number of aliphatic carboxylic acids is 1. The standard InChI is InChI=1S/C18H29NO2/c1-12(10-16(11-19)18(20)21)6-5-7-17-14(3)9-8-13(2)15(17)4/h8-9,12,16H,5-7,10-11,19H2,1-4H3,(H,20,21). The Bertz CT molecular complexity index is 482. The molecule has 1 aromatic carbocycles. The van der Waals surface area contributed by atoms with E-state index < -0.39 is 11.9 Å². The van der Waals surface area contributed by atoms with Crippen molar-refractivity contribution in [2.45, 2.75) is 53.4 Å². The number of carboxylic acid groups (broad SMARTS) is 1. The maximum absolute atomic E-state index is 11.0. The van der Waals surface area contributed by atoms with Gasteiger partial charge in [0.1, 0.15) is 0 Å². The van der Waals surface area contributed by atoms with E-state index in [1.807, 2.05) is 0 Å². The fourth-order valence-electron chi connectivity index (χ4n) is 2.92. The maximum Gasteiger partial charge on any atom is 0.307 e. The summed E-state index contributed by atoms with van der Waals surface area (Å²) in [7, 11) is 0. The summed E-state index contributed by atoms with van der Waals surface area (Å²) < 4.78 is 0. The molecule has 2 atom stereocenters. The molecule has 21 heavy (non-hydrogen) atoms. The number of hydrogen-bond donors (Lipinski definition) is 2. The van der Waals surface area contributed by atoms with Crippen molar-refractivity contribution in [3.05, 3.63) is 34.4 Å². The second-order valence-corrected chi connectivity index (χ2v) is 6.31. The van der Waals surface area contributed by atoms with Crippen LogP contribution in [0.4, 0.5) is 0 Å². The SMILES string of the molecule is Cc1ccc(C)c(CCCC(C)CC(CN)C(=O)O)c1C. The lowest BCUT2D eigenvalue weighted by Crippen LogP contribution is -2.25. The van der Waals surface area contributed by atoms with Crippen molar-refractivity contribution in [1.29, 1.82) is 0 Å². The second-order valence-electron chi connectivity index (χ2n) is 6.31. The largest absolute Gasteiger partial charge is 0.481 e. The van der Waals surface area contributed by atoms with Gasteiger partial charge >= 0.3 is 5.97 Å². The van der Waals surface area contributed by atoms with E-state index >= 15 is 0 Å². The quantitative estimate of drug-likeness (QED) is 0.769. The van der Waals surface area contributed by atoms with Crippen LogP contribution < -0.4 is 5.73 Å². The highest BCUT2D eigenvalue weighted by Gasteiger charge is 2.18. The first-order valence-corrected chi connectivity index (χ1v) is 7.85. The summed E-state index contributed by atoms with van der Waals surface area (Å²) in [4.78, 5) is 11.0. The van der Waals surface area contributed by atoms with Gasteiger partial charge in [-0.1, -0.05) is 25.5 Å². The van der Waals surface area contributed by atoms with Crippen molar-refractivity contribution < 1.29 is 9.90 Å². The summed E-state index contributed by atoms with van der Waals surface area (Å²) in [5.74, 6) is -0.766. The predicted octanol–water partition coefficient (Wildman–Crippen LogP) is 3.62. The first-order valence-electron chi connectivity index (χ1n) is 7.85. The van der Waals surface area contributed by atoms with E-state index in [9.17, 15) is 4.79 Å². The first-order chi connectivity index (χ1) is 9.86. The first kappa shape index (κ1) is 17.7. The molecule has 0 saturated carbocycles. The third kappa shape index (κ3) is 5.16. The maximum atomic E-state index is 11.0. The third-order valence-electron chi connectivity index (χ3n) is 4.55. The average molecular weight is 291 g/mol. The zero-order valence-electron chi connectivity index (χ0n) is 13.8. The van der Waals surface area contributed by atoms with Crippen molar-refractivity contribution in [3.8, 4) is 0 Å². The van der Waals surface area contributed by atoms with E-state index in [1.54, 1.807) is 0 Å². The third-order valence-corrected chi connectivity index (χ3v) is 4.55. The van der Waals surface area contributed by atoms with Crippen LogP contribution in [0.15, 0.2) is 12.1 Å². The van der Waals surface area contributed by atoms with Gasteiger partial charge < -0.3 is 10.8 Å². The molecule has 2 unspecified atom stereocenters. The van der Waals surface area contributed by atoms with Gasteiger partial charge in [-0.3, -0.25) is 4.79 Å². The average Bonchev–Trinajstić information content (AvgIpc) is 2.43. The number of rotatable bonds is 8. The van der Waals surface area contributed by atoms with Crippen LogP contribution in [-0.4, -0.2) is 17.6 Å². The Morgan fingerprint density at radius 3 is 2.43 bits per heavy atom. The molecule has 0 aliphatic carbocycles. The van der Waals surface area contributed by atoms with Crippen molar-refractivity contribution >= 4 is 5.97 Å². The van der Waals surface area contributed by atoms with E-state index in [0.29, 0.717) is 12.3 Å². The summed E-state index contributed by atoms with van der Waals surface area (Å²) in [6.07, 6.45) is 3.90. The molecule has 0 aliphatic rings. The summed E-state index contributed by atoms with van der Waals surface area (Å²) in [5.41, 5.74) is 11.1. The topological polar surface area (TPSA) is 63.3 Å². The van der Waals surface area contributed by atoms with E-state index in [2.05, 4.69) is 39.8 Å². The molecule has 0 amide bonds. The summed E-state index contributed by atoms with van der Waals surface area (Å²) in [5, 5.41) is 9.05. The van der Waals surface area contributed by atoms with E-state index in [1.165, 1.54) is 22.3 Å². The highest BCUT2D eigenvalue weighted by atomic mass is 16.4. The van der Waals surface area contributed by atoms with Crippen LogP contribution in [0.2, 0.25) is 0 Å². The molecule has 0 spiro atoms. The Morgan fingerprint density at radius 2 is 1.86 bits per heavy atom. The van der Waals surface area contributed by atoms with Gasteiger partial charge in [0, 0.05) is 6.54 Å². The van der Waals surface area contributed by atoms with Crippen LogP contribution in [0.3, 0.4) is 0 Å². The Hall–Kier alpha value is -1.35. The molecule has 3 nitrogen and oxygen atoms in total. The van der Waals surface area contributed by atoms with Gasteiger partial charge in [-0.2, -0.15) is 0 Å². The smallest absolute Gasteiger partial charge is 0.307 e. The molecule has 1 aromatic rings. The number of carbonyl (C=O) groups is 1. The molecule has 0 bridgehead atoms. The van der Waals surface area contributed by atoms with Crippen LogP contribution in [-0.2, 0) is 11.2 Å². The summed E-state index contributed by atoms with van der Waals surface area (Å²) in [6.45, 7) is 8.87. The minimum Gasteiger partial charge on any atom is -0.481 e. The van der Waals surface area contributed by atoms with Crippen LogP contribution in [0, 0.1) is 32.6 Å². The molecule has 0 radical (unpaired) electrons. The number of hydrogen-bond acceptors (Lipinski definition) is 2. The second kappa shape index (κ2) is 8.18. The van der Waals surface area contributed by atoms with Gasteiger partial charge in [-0.15, -0.1) is 0 Å². The Morgan fingerprint density at radius 1 is 1.24 bits per heavy atom.